The van der Waals surface area contributed by atoms with Crippen molar-refractivity contribution < 1.29 is 14.0 Å². The van der Waals surface area contributed by atoms with E-state index in [0.29, 0.717) is 42.7 Å². The first-order valence-corrected chi connectivity index (χ1v) is 9.74. The summed E-state index contributed by atoms with van der Waals surface area (Å²) in [7, 11) is 0. The van der Waals surface area contributed by atoms with Gasteiger partial charge < -0.3 is 10.6 Å². The van der Waals surface area contributed by atoms with E-state index >= 15 is 0 Å². The maximum absolute atomic E-state index is 13.1. The van der Waals surface area contributed by atoms with Gasteiger partial charge in [0.2, 0.25) is 5.91 Å². The summed E-state index contributed by atoms with van der Waals surface area (Å²) in [5, 5.41) is 10.1. The van der Waals surface area contributed by atoms with Crippen LogP contribution in [0.15, 0.2) is 42.7 Å². The molecule has 0 atom stereocenters. The van der Waals surface area contributed by atoms with Crippen molar-refractivity contribution in [3.8, 4) is 0 Å². The molecular formula is C20H19ClFN5O2. The predicted octanol–water partition coefficient (Wildman–Crippen LogP) is 3.45. The number of hydrogen-bond acceptors (Lipinski definition) is 4. The van der Waals surface area contributed by atoms with Gasteiger partial charge in [0.25, 0.3) is 5.91 Å². The Hall–Kier alpha value is -3.00. The lowest BCUT2D eigenvalue weighted by Gasteiger charge is -2.28. The van der Waals surface area contributed by atoms with Crippen molar-refractivity contribution >= 4 is 34.7 Å². The van der Waals surface area contributed by atoms with E-state index in [-0.39, 0.29) is 28.8 Å². The van der Waals surface area contributed by atoms with Crippen LogP contribution in [0, 0.1) is 11.7 Å². The Bertz CT molecular complexity index is 1060. The van der Waals surface area contributed by atoms with Crippen LogP contribution in [-0.2, 0) is 4.79 Å². The van der Waals surface area contributed by atoms with Gasteiger partial charge in [-0.05, 0) is 56.0 Å². The van der Waals surface area contributed by atoms with Crippen LogP contribution < -0.4 is 10.6 Å². The predicted molar refractivity (Wildman–Crippen MR) is 106 cm³/mol. The van der Waals surface area contributed by atoms with E-state index < -0.39 is 5.82 Å². The molecule has 29 heavy (non-hydrogen) atoms. The minimum Gasteiger partial charge on any atom is -0.348 e. The van der Waals surface area contributed by atoms with E-state index in [9.17, 15) is 14.0 Å². The zero-order valence-electron chi connectivity index (χ0n) is 15.4. The van der Waals surface area contributed by atoms with Crippen LogP contribution in [-0.4, -0.2) is 32.5 Å². The summed E-state index contributed by atoms with van der Waals surface area (Å²) in [6, 6.07) is 7.39. The number of rotatable bonds is 4. The van der Waals surface area contributed by atoms with E-state index in [4.69, 9.17) is 11.6 Å². The second-order valence-corrected chi connectivity index (χ2v) is 7.48. The number of nitrogens with one attached hydrogen (secondary N) is 2. The molecule has 0 saturated heterocycles. The third-order valence-corrected chi connectivity index (χ3v) is 5.45. The number of carbonyl (C=O) groups excluding carboxylic acids is 2. The summed E-state index contributed by atoms with van der Waals surface area (Å²) in [5.74, 6) is -1.01. The van der Waals surface area contributed by atoms with Gasteiger partial charge in [-0.15, -0.1) is 0 Å². The SMILES string of the molecule is O=C(NC1CCC(C(=O)Nc2ccc(F)cc2Cl)CC1)c1cnc2cccnn12. The van der Waals surface area contributed by atoms with Gasteiger partial charge in [-0.3, -0.25) is 9.59 Å². The van der Waals surface area contributed by atoms with Crippen LogP contribution in [0.5, 0.6) is 0 Å². The van der Waals surface area contributed by atoms with Crippen molar-refractivity contribution in [1.82, 2.24) is 19.9 Å². The van der Waals surface area contributed by atoms with Crippen LogP contribution in [0.4, 0.5) is 10.1 Å². The van der Waals surface area contributed by atoms with Crippen molar-refractivity contribution in [1.29, 1.82) is 0 Å². The molecule has 0 spiro atoms. The lowest BCUT2D eigenvalue weighted by atomic mass is 9.85. The van der Waals surface area contributed by atoms with Crippen LogP contribution >= 0.6 is 11.6 Å². The van der Waals surface area contributed by atoms with Crippen LogP contribution in [0.2, 0.25) is 5.02 Å². The number of halogens is 2. The zero-order chi connectivity index (χ0) is 20.4. The van der Waals surface area contributed by atoms with Crippen LogP contribution in [0.3, 0.4) is 0 Å². The number of nitrogens with zero attached hydrogens (tertiary/aromatic N) is 3. The minimum absolute atomic E-state index is 0.0183. The summed E-state index contributed by atoms with van der Waals surface area (Å²) in [4.78, 5) is 29.2. The molecule has 2 aromatic heterocycles. The van der Waals surface area contributed by atoms with E-state index in [1.54, 1.807) is 18.3 Å². The topological polar surface area (TPSA) is 88.4 Å². The van der Waals surface area contributed by atoms with Crippen molar-refractivity contribution in [2.75, 3.05) is 5.32 Å². The Morgan fingerprint density at radius 3 is 2.72 bits per heavy atom. The molecule has 0 bridgehead atoms. The molecule has 1 fully saturated rings. The molecule has 150 valence electrons. The van der Waals surface area contributed by atoms with E-state index in [1.165, 1.54) is 28.9 Å². The monoisotopic (exact) mass is 415 g/mol. The highest BCUT2D eigenvalue weighted by Gasteiger charge is 2.28. The average Bonchev–Trinajstić information content (AvgIpc) is 3.15. The smallest absolute Gasteiger partial charge is 0.271 e. The Balaban J connectivity index is 1.32. The number of amides is 2. The quantitative estimate of drug-likeness (QED) is 0.683. The van der Waals surface area contributed by atoms with E-state index in [0.717, 1.165) is 0 Å². The molecule has 2 amide bonds. The molecule has 7 nitrogen and oxygen atoms in total. The van der Waals surface area contributed by atoms with Crippen molar-refractivity contribution in [2.45, 2.75) is 31.7 Å². The second-order valence-electron chi connectivity index (χ2n) is 7.07. The minimum atomic E-state index is -0.453. The molecule has 3 aromatic rings. The van der Waals surface area contributed by atoms with Gasteiger partial charge >= 0.3 is 0 Å². The number of aromatic nitrogens is 3. The molecule has 9 heteroatoms. The molecule has 4 rings (SSSR count). The van der Waals surface area contributed by atoms with Crippen molar-refractivity contribution in [2.24, 2.45) is 5.92 Å². The highest BCUT2D eigenvalue weighted by molar-refractivity contribution is 6.33. The fourth-order valence-corrected chi connectivity index (χ4v) is 3.78. The van der Waals surface area contributed by atoms with E-state index in [1.807, 2.05) is 0 Å². The molecular weight excluding hydrogens is 397 g/mol. The van der Waals surface area contributed by atoms with Gasteiger partial charge in [0.05, 0.1) is 16.9 Å². The van der Waals surface area contributed by atoms with Crippen molar-refractivity contribution in [3.63, 3.8) is 0 Å². The summed E-state index contributed by atoms with van der Waals surface area (Å²) in [5.41, 5.74) is 1.39. The summed E-state index contributed by atoms with van der Waals surface area (Å²) in [6.07, 6.45) is 5.75. The third kappa shape index (κ3) is 4.22. The molecule has 1 aliphatic rings. The van der Waals surface area contributed by atoms with E-state index in [2.05, 4.69) is 20.7 Å². The Morgan fingerprint density at radius 1 is 1.17 bits per heavy atom. The standard InChI is InChI=1S/C20H19ClFN5O2/c21-15-10-13(22)5-8-16(15)26-19(28)12-3-6-14(7-4-12)25-20(29)17-11-23-18-2-1-9-24-27(17)18/h1-2,5,8-12,14H,3-4,6-7H2,(H,25,29)(H,26,28). The number of carbonyl (C=O) groups is 2. The largest absolute Gasteiger partial charge is 0.348 e. The van der Waals surface area contributed by atoms with Gasteiger partial charge in [-0.25, -0.2) is 13.9 Å². The normalized spacial score (nSPS) is 19.1. The average molecular weight is 416 g/mol. The van der Waals surface area contributed by atoms with Gasteiger partial charge in [-0.2, -0.15) is 5.10 Å². The molecule has 2 N–H and O–H groups in total. The second kappa shape index (κ2) is 8.16. The summed E-state index contributed by atoms with van der Waals surface area (Å²) in [6.45, 7) is 0. The first-order valence-electron chi connectivity index (χ1n) is 9.37. The van der Waals surface area contributed by atoms with Crippen LogP contribution in [0.25, 0.3) is 5.65 Å². The highest BCUT2D eigenvalue weighted by Crippen LogP contribution is 2.28. The van der Waals surface area contributed by atoms with Gasteiger partial charge in [0.15, 0.2) is 5.65 Å². The highest BCUT2D eigenvalue weighted by atomic mass is 35.5. The Morgan fingerprint density at radius 2 is 1.97 bits per heavy atom. The first kappa shape index (κ1) is 19.3. The molecule has 1 aliphatic carbocycles. The lowest BCUT2D eigenvalue weighted by molar-refractivity contribution is -0.120. The summed E-state index contributed by atoms with van der Waals surface area (Å²) < 4.78 is 14.6. The van der Waals surface area contributed by atoms with Gasteiger partial charge in [0.1, 0.15) is 11.5 Å². The molecule has 0 radical (unpaired) electrons. The van der Waals surface area contributed by atoms with Gasteiger partial charge in [-0.1, -0.05) is 11.6 Å². The Labute approximate surface area is 171 Å². The fourth-order valence-electron chi connectivity index (χ4n) is 3.57. The third-order valence-electron chi connectivity index (χ3n) is 5.13. The number of imidazole rings is 1. The fraction of sp³-hybridized carbons (Fsp3) is 0.300. The molecule has 1 aromatic carbocycles. The van der Waals surface area contributed by atoms with Gasteiger partial charge in [0, 0.05) is 18.2 Å². The molecule has 1 saturated carbocycles. The number of anilines is 1. The van der Waals surface area contributed by atoms with Crippen LogP contribution in [0.1, 0.15) is 36.2 Å². The molecule has 0 unspecified atom stereocenters. The zero-order valence-corrected chi connectivity index (χ0v) is 16.2. The first-order chi connectivity index (χ1) is 14.0. The number of hydrogen-bond donors (Lipinski definition) is 2. The lowest BCUT2D eigenvalue weighted by Crippen LogP contribution is -2.40. The number of benzene rings is 1. The Kier molecular flexibility index (Phi) is 5.44. The number of fused-ring (bicyclic) bond motifs is 1. The molecule has 0 aliphatic heterocycles. The van der Waals surface area contributed by atoms with Crippen molar-refractivity contribution in [3.05, 3.63) is 59.3 Å². The maximum Gasteiger partial charge on any atom is 0.271 e. The maximum atomic E-state index is 13.1. The molecule has 2 heterocycles. The summed E-state index contributed by atoms with van der Waals surface area (Å²) >= 11 is 5.97.